The number of unbranched alkanes of at least 4 members (excludes halogenated alkanes) is 1. The summed E-state index contributed by atoms with van der Waals surface area (Å²) in [6, 6.07) is 10.9. The maximum Gasteiger partial charge on any atom is 0.244 e. The van der Waals surface area contributed by atoms with Gasteiger partial charge in [-0.25, -0.2) is 8.42 Å². The van der Waals surface area contributed by atoms with Crippen LogP contribution >= 0.6 is 11.6 Å². The molecule has 0 unspecified atom stereocenters. The zero-order chi connectivity index (χ0) is 27.6. The molecule has 0 aliphatic rings. The highest BCUT2D eigenvalue weighted by molar-refractivity contribution is 7.92. The van der Waals surface area contributed by atoms with Gasteiger partial charge in [-0.1, -0.05) is 44.0 Å². The number of benzene rings is 2. The van der Waals surface area contributed by atoms with Gasteiger partial charge < -0.3 is 19.7 Å². The Morgan fingerprint density at radius 1 is 1.05 bits per heavy atom. The number of carbonyl (C=O) groups is 2. The molecule has 2 aromatic rings. The Kier molecular flexibility index (Phi) is 11.5. The lowest BCUT2D eigenvalue weighted by Gasteiger charge is -2.33. The molecular weight excluding hydrogens is 518 g/mol. The van der Waals surface area contributed by atoms with Gasteiger partial charge in [-0.2, -0.15) is 0 Å². The van der Waals surface area contributed by atoms with Crippen LogP contribution in [0.15, 0.2) is 42.5 Å². The molecule has 0 bridgehead atoms. The molecule has 204 valence electrons. The van der Waals surface area contributed by atoms with Gasteiger partial charge in [0.2, 0.25) is 21.8 Å². The summed E-state index contributed by atoms with van der Waals surface area (Å²) < 4.78 is 37.1. The highest BCUT2D eigenvalue weighted by Crippen LogP contribution is 2.33. The Morgan fingerprint density at radius 3 is 2.27 bits per heavy atom. The van der Waals surface area contributed by atoms with Crippen LogP contribution in [0.1, 0.15) is 38.7 Å². The summed E-state index contributed by atoms with van der Waals surface area (Å²) in [5.74, 6) is 0.0702. The van der Waals surface area contributed by atoms with Crippen LogP contribution in [0, 0.1) is 0 Å². The number of halogens is 1. The minimum Gasteiger partial charge on any atom is -0.497 e. The van der Waals surface area contributed by atoms with E-state index >= 15 is 0 Å². The molecule has 37 heavy (non-hydrogen) atoms. The summed E-state index contributed by atoms with van der Waals surface area (Å²) in [5, 5.41) is 3.18. The lowest BCUT2D eigenvalue weighted by atomic mass is 10.1. The molecule has 1 atom stereocenters. The smallest absolute Gasteiger partial charge is 0.244 e. The predicted molar refractivity (Wildman–Crippen MR) is 146 cm³/mol. The summed E-state index contributed by atoms with van der Waals surface area (Å²) >= 11 is 6.14. The molecule has 0 spiro atoms. The molecule has 11 heteroatoms. The van der Waals surface area contributed by atoms with Crippen molar-refractivity contribution in [2.45, 2.75) is 45.7 Å². The molecule has 0 saturated heterocycles. The summed E-state index contributed by atoms with van der Waals surface area (Å²) in [5.41, 5.74) is 0.899. The van der Waals surface area contributed by atoms with Crippen LogP contribution in [0.2, 0.25) is 5.02 Å². The van der Waals surface area contributed by atoms with E-state index in [9.17, 15) is 18.0 Å². The number of methoxy groups -OCH3 is 2. The third kappa shape index (κ3) is 8.53. The largest absolute Gasteiger partial charge is 0.497 e. The SMILES string of the molecule is CCCCNC(=O)[C@@H](CC)N(Cc1ccc(OC)cc1)C(=O)CN(c1cc(Cl)ccc1OC)S(C)(=O)=O. The molecule has 0 saturated carbocycles. The van der Waals surface area contributed by atoms with Crippen LogP contribution in [-0.2, 0) is 26.2 Å². The van der Waals surface area contributed by atoms with Crippen molar-refractivity contribution in [2.24, 2.45) is 0 Å². The van der Waals surface area contributed by atoms with E-state index in [4.69, 9.17) is 21.1 Å². The lowest BCUT2D eigenvalue weighted by molar-refractivity contribution is -0.140. The molecule has 0 radical (unpaired) electrons. The predicted octanol–water partition coefficient (Wildman–Crippen LogP) is 3.85. The fourth-order valence-corrected chi connectivity index (χ4v) is 4.82. The van der Waals surface area contributed by atoms with E-state index in [-0.39, 0.29) is 28.9 Å². The second-order valence-electron chi connectivity index (χ2n) is 8.52. The number of nitrogens with one attached hydrogen (secondary N) is 1. The number of carbonyl (C=O) groups excluding carboxylic acids is 2. The monoisotopic (exact) mass is 553 g/mol. The standard InChI is InChI=1S/C26H36ClN3O6S/c1-6-8-15-28-26(32)22(7-2)29(17-19-9-12-21(35-3)13-10-19)25(31)18-30(37(5,33)34)23-16-20(27)11-14-24(23)36-4/h9-14,16,22H,6-8,15,17-18H2,1-5H3,(H,28,32)/t22-/m1/s1. The first-order chi connectivity index (χ1) is 17.5. The Hall–Kier alpha value is -2.98. The summed E-state index contributed by atoms with van der Waals surface area (Å²) in [6.07, 6.45) is 3.07. The second kappa shape index (κ2) is 14.1. The van der Waals surface area contributed by atoms with Gasteiger partial charge in [-0.05, 0) is 48.7 Å². The third-order valence-electron chi connectivity index (χ3n) is 5.82. The fraction of sp³-hybridized carbons (Fsp3) is 0.462. The molecule has 0 aromatic heterocycles. The van der Waals surface area contributed by atoms with Crippen LogP contribution in [0.3, 0.4) is 0 Å². The first-order valence-corrected chi connectivity index (χ1v) is 14.3. The maximum absolute atomic E-state index is 13.8. The quantitative estimate of drug-likeness (QED) is 0.356. The number of nitrogens with zero attached hydrogens (tertiary/aromatic N) is 2. The van der Waals surface area contributed by atoms with Gasteiger partial charge in [0, 0.05) is 18.1 Å². The molecular formula is C26H36ClN3O6S. The summed E-state index contributed by atoms with van der Waals surface area (Å²) in [4.78, 5) is 28.3. The van der Waals surface area contributed by atoms with Gasteiger partial charge in [-0.3, -0.25) is 13.9 Å². The van der Waals surface area contributed by atoms with Crippen LogP contribution in [0.4, 0.5) is 5.69 Å². The molecule has 2 rings (SSSR count). The topological polar surface area (TPSA) is 105 Å². The number of amides is 2. The van der Waals surface area contributed by atoms with Crippen molar-refractivity contribution in [3.8, 4) is 11.5 Å². The number of ether oxygens (including phenoxy) is 2. The van der Waals surface area contributed by atoms with Crippen molar-refractivity contribution in [2.75, 3.05) is 37.9 Å². The summed E-state index contributed by atoms with van der Waals surface area (Å²) in [6.45, 7) is 3.89. The average Bonchev–Trinajstić information content (AvgIpc) is 2.86. The Bertz CT molecular complexity index is 1160. The van der Waals surface area contributed by atoms with Crippen LogP contribution in [-0.4, -0.2) is 64.7 Å². The number of hydrogen-bond acceptors (Lipinski definition) is 6. The fourth-order valence-electron chi connectivity index (χ4n) is 3.81. The second-order valence-corrected chi connectivity index (χ2v) is 10.9. The van der Waals surface area contributed by atoms with Crippen molar-refractivity contribution in [1.29, 1.82) is 0 Å². The summed E-state index contributed by atoms with van der Waals surface area (Å²) in [7, 11) is -0.958. The van der Waals surface area contributed by atoms with Crippen molar-refractivity contribution in [3.05, 3.63) is 53.1 Å². The highest BCUT2D eigenvalue weighted by atomic mass is 35.5. The van der Waals surface area contributed by atoms with Gasteiger partial charge in [0.05, 0.1) is 26.2 Å². The van der Waals surface area contributed by atoms with E-state index in [2.05, 4.69) is 5.32 Å². The number of anilines is 1. The van der Waals surface area contributed by atoms with Crippen LogP contribution < -0.4 is 19.1 Å². The van der Waals surface area contributed by atoms with Crippen LogP contribution in [0.25, 0.3) is 0 Å². The zero-order valence-electron chi connectivity index (χ0n) is 22.0. The van der Waals surface area contributed by atoms with Gasteiger partial charge in [0.15, 0.2) is 0 Å². The number of rotatable bonds is 14. The van der Waals surface area contributed by atoms with Crippen molar-refractivity contribution in [3.63, 3.8) is 0 Å². The minimum atomic E-state index is -3.92. The normalized spacial score (nSPS) is 11.9. The van der Waals surface area contributed by atoms with E-state index in [1.807, 2.05) is 13.8 Å². The Labute approximate surface area is 224 Å². The molecule has 2 amide bonds. The zero-order valence-corrected chi connectivity index (χ0v) is 23.6. The third-order valence-corrected chi connectivity index (χ3v) is 7.18. The highest BCUT2D eigenvalue weighted by Gasteiger charge is 2.32. The van der Waals surface area contributed by atoms with Crippen molar-refractivity contribution in [1.82, 2.24) is 10.2 Å². The Balaban J connectivity index is 2.47. The molecule has 2 aromatic carbocycles. The van der Waals surface area contributed by atoms with E-state index in [1.54, 1.807) is 37.4 Å². The van der Waals surface area contributed by atoms with Crippen molar-refractivity contribution >= 4 is 39.1 Å². The molecule has 0 fully saturated rings. The van der Waals surface area contributed by atoms with Crippen molar-refractivity contribution < 1.29 is 27.5 Å². The number of hydrogen-bond donors (Lipinski definition) is 1. The molecule has 0 heterocycles. The lowest BCUT2D eigenvalue weighted by Crippen LogP contribution is -2.52. The van der Waals surface area contributed by atoms with Crippen LogP contribution in [0.5, 0.6) is 11.5 Å². The van der Waals surface area contributed by atoms with E-state index in [1.165, 1.54) is 24.1 Å². The molecule has 1 N–H and O–H groups in total. The minimum absolute atomic E-state index is 0.104. The molecule has 9 nitrogen and oxygen atoms in total. The van der Waals surface area contributed by atoms with Gasteiger partial charge in [0.1, 0.15) is 24.1 Å². The first kappa shape index (κ1) is 30.2. The first-order valence-electron chi connectivity index (χ1n) is 12.1. The average molecular weight is 554 g/mol. The Morgan fingerprint density at radius 2 is 1.73 bits per heavy atom. The molecule has 0 aliphatic heterocycles. The molecule has 0 aliphatic carbocycles. The van der Waals surface area contributed by atoms with E-state index in [0.29, 0.717) is 18.7 Å². The van der Waals surface area contributed by atoms with E-state index in [0.717, 1.165) is 29.0 Å². The van der Waals surface area contributed by atoms with Gasteiger partial charge in [0.25, 0.3) is 0 Å². The van der Waals surface area contributed by atoms with Gasteiger partial charge in [-0.15, -0.1) is 0 Å². The number of sulfonamides is 1. The van der Waals surface area contributed by atoms with Gasteiger partial charge >= 0.3 is 0 Å². The van der Waals surface area contributed by atoms with E-state index < -0.39 is 28.5 Å². The maximum atomic E-state index is 13.8.